The maximum atomic E-state index is 12.4. The highest BCUT2D eigenvalue weighted by Crippen LogP contribution is 2.28. The zero-order chi connectivity index (χ0) is 16.9. The van der Waals surface area contributed by atoms with Gasteiger partial charge in [-0.25, -0.2) is 4.98 Å². The molecule has 24 heavy (non-hydrogen) atoms. The second-order valence-electron chi connectivity index (χ2n) is 4.92. The van der Waals surface area contributed by atoms with Crippen LogP contribution in [0.25, 0.3) is 11.3 Å². The number of benzene rings is 2. The lowest BCUT2D eigenvalue weighted by Crippen LogP contribution is -1.97. The Bertz CT molecular complexity index is 918. The summed E-state index contributed by atoms with van der Waals surface area (Å²) in [5.41, 5.74) is 2.55. The van der Waals surface area contributed by atoms with Crippen LogP contribution in [-0.4, -0.2) is 10.1 Å². The van der Waals surface area contributed by atoms with Gasteiger partial charge in [-0.3, -0.25) is 4.79 Å². The second-order valence-corrected chi connectivity index (χ2v) is 6.32. The van der Waals surface area contributed by atoms with Crippen molar-refractivity contribution in [2.45, 2.75) is 5.03 Å². The van der Waals surface area contributed by atoms with E-state index in [4.69, 9.17) is 11.6 Å². The van der Waals surface area contributed by atoms with Crippen LogP contribution in [0.3, 0.4) is 0 Å². The van der Waals surface area contributed by atoms with Crippen LogP contribution >= 0.6 is 23.4 Å². The van der Waals surface area contributed by atoms with E-state index < -0.39 is 0 Å². The van der Waals surface area contributed by atoms with Gasteiger partial charge < -0.3 is 0 Å². The molecule has 3 nitrogen and oxygen atoms in total. The Balaban J connectivity index is 1.93. The molecule has 2 aromatic carbocycles. The van der Waals surface area contributed by atoms with Gasteiger partial charge in [-0.15, -0.1) is 0 Å². The smallest absolute Gasteiger partial charge is 0.225 e. The van der Waals surface area contributed by atoms with E-state index in [0.29, 0.717) is 21.2 Å². The van der Waals surface area contributed by atoms with Gasteiger partial charge in [0.05, 0.1) is 11.3 Å². The molecule has 0 aliphatic heterocycles. The van der Waals surface area contributed by atoms with E-state index >= 15 is 0 Å². The Labute approximate surface area is 148 Å². The first-order valence-electron chi connectivity index (χ1n) is 7.11. The summed E-state index contributed by atoms with van der Waals surface area (Å²) < 4.78 is 0. The third-order valence-electron chi connectivity index (χ3n) is 3.32. The normalized spacial score (nSPS) is 10.2. The lowest BCUT2D eigenvalue weighted by atomic mass is 10.1. The van der Waals surface area contributed by atoms with Gasteiger partial charge in [0.25, 0.3) is 0 Å². The fraction of sp³-hybridized carbons (Fsp3) is 0. The summed E-state index contributed by atoms with van der Waals surface area (Å²) in [6.07, 6.45) is 0. The third kappa shape index (κ3) is 3.65. The zero-order valence-corrected chi connectivity index (χ0v) is 14.0. The second kappa shape index (κ2) is 7.31. The minimum Gasteiger partial charge on any atom is -0.281 e. The maximum absolute atomic E-state index is 12.4. The van der Waals surface area contributed by atoms with E-state index in [9.17, 15) is 10.1 Å². The fourth-order valence-electron chi connectivity index (χ4n) is 2.11. The molecule has 0 aliphatic rings. The Kier molecular flexibility index (Phi) is 4.95. The topological polar surface area (TPSA) is 53.8 Å². The molecule has 1 heterocycles. The monoisotopic (exact) mass is 350 g/mol. The summed E-state index contributed by atoms with van der Waals surface area (Å²) >= 11 is 6.79. The van der Waals surface area contributed by atoms with E-state index in [1.54, 1.807) is 36.4 Å². The molecule has 0 saturated carbocycles. The number of hydrogen-bond donors (Lipinski definition) is 0. The molecule has 3 aromatic rings. The lowest BCUT2D eigenvalue weighted by Gasteiger charge is -2.06. The Hall–Kier alpha value is -2.61. The summed E-state index contributed by atoms with van der Waals surface area (Å²) in [6, 6.07) is 21.8. The number of carbonyl (C=O) groups excluding carboxylic acids is 1. The van der Waals surface area contributed by atoms with E-state index in [1.165, 1.54) is 0 Å². The van der Waals surface area contributed by atoms with E-state index in [1.807, 2.05) is 30.3 Å². The number of halogens is 1. The Morgan fingerprint density at radius 1 is 1.00 bits per heavy atom. The summed E-state index contributed by atoms with van der Waals surface area (Å²) in [5.74, 6) is 0. The molecule has 0 unspecified atom stereocenters. The number of nitrogens with zero attached hydrogens (tertiary/aromatic N) is 2. The van der Waals surface area contributed by atoms with Crippen molar-refractivity contribution >= 4 is 28.5 Å². The highest BCUT2D eigenvalue weighted by atomic mass is 35.5. The van der Waals surface area contributed by atoms with Crippen molar-refractivity contribution in [2.24, 2.45) is 0 Å². The van der Waals surface area contributed by atoms with Crippen molar-refractivity contribution in [3.05, 3.63) is 82.9 Å². The fourth-order valence-corrected chi connectivity index (χ4v) is 3.03. The molecule has 0 amide bonds. The summed E-state index contributed by atoms with van der Waals surface area (Å²) in [6.45, 7) is 0. The highest BCUT2D eigenvalue weighted by molar-refractivity contribution is 8.14. The molecule has 5 heteroatoms. The van der Waals surface area contributed by atoms with Crippen LogP contribution in [0.1, 0.15) is 15.9 Å². The standard InChI is InChI=1S/C19H11ClN2OS/c20-16-9-6-14(7-10-16)19(23)24-18-15(12-21)8-11-17(22-18)13-4-2-1-3-5-13/h1-11H. The minimum atomic E-state index is -0.180. The molecule has 0 N–H and O–H groups in total. The molecule has 3 rings (SSSR count). The first-order valence-corrected chi connectivity index (χ1v) is 8.31. The summed E-state index contributed by atoms with van der Waals surface area (Å²) in [5, 5.41) is 10.1. The van der Waals surface area contributed by atoms with Crippen LogP contribution < -0.4 is 0 Å². The predicted octanol–water partition coefficient (Wildman–Crippen LogP) is 5.21. The quantitative estimate of drug-likeness (QED) is 0.609. The van der Waals surface area contributed by atoms with Gasteiger partial charge in [0.2, 0.25) is 5.12 Å². The SMILES string of the molecule is N#Cc1ccc(-c2ccccc2)nc1SC(=O)c1ccc(Cl)cc1. The Morgan fingerprint density at radius 3 is 2.38 bits per heavy atom. The zero-order valence-electron chi connectivity index (χ0n) is 12.4. The number of hydrogen-bond acceptors (Lipinski definition) is 4. The molecule has 0 spiro atoms. The molecule has 0 aliphatic carbocycles. The van der Waals surface area contributed by atoms with Crippen LogP contribution in [0.4, 0.5) is 0 Å². The first-order chi connectivity index (χ1) is 11.7. The molecule has 0 fully saturated rings. The molecule has 0 radical (unpaired) electrons. The van der Waals surface area contributed by atoms with Gasteiger partial charge in [-0.05, 0) is 48.2 Å². The lowest BCUT2D eigenvalue weighted by molar-refractivity contribution is 0.108. The van der Waals surface area contributed by atoms with Crippen LogP contribution in [-0.2, 0) is 0 Å². The average Bonchev–Trinajstić information content (AvgIpc) is 2.63. The average molecular weight is 351 g/mol. The maximum Gasteiger partial charge on any atom is 0.225 e. The number of rotatable bonds is 3. The molecule has 0 atom stereocenters. The van der Waals surface area contributed by atoms with Crippen LogP contribution in [0.5, 0.6) is 0 Å². The van der Waals surface area contributed by atoms with Crippen molar-refractivity contribution in [1.29, 1.82) is 5.26 Å². The number of pyridine rings is 1. The minimum absolute atomic E-state index is 0.180. The highest BCUT2D eigenvalue weighted by Gasteiger charge is 2.14. The summed E-state index contributed by atoms with van der Waals surface area (Å²) in [7, 11) is 0. The predicted molar refractivity (Wildman–Crippen MR) is 96.0 cm³/mol. The van der Waals surface area contributed by atoms with Crippen LogP contribution in [0, 0.1) is 11.3 Å². The van der Waals surface area contributed by atoms with Crippen molar-refractivity contribution in [1.82, 2.24) is 4.98 Å². The third-order valence-corrected chi connectivity index (χ3v) is 4.50. The van der Waals surface area contributed by atoms with Crippen molar-refractivity contribution in [2.75, 3.05) is 0 Å². The van der Waals surface area contributed by atoms with E-state index in [2.05, 4.69) is 11.1 Å². The number of carbonyl (C=O) groups is 1. The van der Waals surface area contributed by atoms with Crippen molar-refractivity contribution in [3.8, 4) is 17.3 Å². The molecule has 116 valence electrons. The van der Waals surface area contributed by atoms with Crippen molar-refractivity contribution in [3.63, 3.8) is 0 Å². The molecule has 0 saturated heterocycles. The van der Waals surface area contributed by atoms with Gasteiger partial charge in [0, 0.05) is 16.1 Å². The van der Waals surface area contributed by atoms with E-state index in [0.717, 1.165) is 23.0 Å². The van der Waals surface area contributed by atoms with Crippen LogP contribution in [0.15, 0.2) is 71.8 Å². The molecule has 0 bridgehead atoms. The van der Waals surface area contributed by atoms with E-state index in [-0.39, 0.29) is 5.12 Å². The number of aromatic nitrogens is 1. The van der Waals surface area contributed by atoms with Gasteiger partial charge in [-0.2, -0.15) is 5.26 Å². The van der Waals surface area contributed by atoms with Gasteiger partial charge in [0.15, 0.2) is 0 Å². The Morgan fingerprint density at radius 2 is 1.71 bits per heavy atom. The van der Waals surface area contributed by atoms with Gasteiger partial charge in [0.1, 0.15) is 11.1 Å². The largest absolute Gasteiger partial charge is 0.281 e. The van der Waals surface area contributed by atoms with Gasteiger partial charge >= 0.3 is 0 Å². The number of thioether (sulfide) groups is 1. The first kappa shape index (κ1) is 16.3. The molecular weight excluding hydrogens is 340 g/mol. The number of nitriles is 1. The van der Waals surface area contributed by atoms with Crippen molar-refractivity contribution < 1.29 is 4.79 Å². The summed E-state index contributed by atoms with van der Waals surface area (Å²) in [4.78, 5) is 16.9. The molecule has 1 aromatic heterocycles. The van der Waals surface area contributed by atoms with Crippen LogP contribution in [0.2, 0.25) is 5.02 Å². The van der Waals surface area contributed by atoms with Gasteiger partial charge in [-0.1, -0.05) is 41.9 Å². The molecular formula is C19H11ClN2OS.